The van der Waals surface area contributed by atoms with E-state index in [0.717, 1.165) is 32.1 Å². The predicted molar refractivity (Wildman–Crippen MR) is 147 cm³/mol. The molecule has 37 heavy (non-hydrogen) atoms. The van der Waals surface area contributed by atoms with Gasteiger partial charge in [-0.3, -0.25) is 13.9 Å². The highest BCUT2D eigenvalue weighted by molar-refractivity contribution is 7.92. The molecule has 3 aromatic rings. The summed E-state index contributed by atoms with van der Waals surface area (Å²) < 4.78 is 28.9. The van der Waals surface area contributed by atoms with Gasteiger partial charge in [-0.15, -0.1) is 0 Å². The Kier molecular flexibility index (Phi) is 8.76. The summed E-state index contributed by atoms with van der Waals surface area (Å²) in [5, 5.41) is 2.59. The molecule has 1 unspecified atom stereocenters. The average Bonchev–Trinajstić information content (AvgIpc) is 2.84. The van der Waals surface area contributed by atoms with E-state index in [0.29, 0.717) is 5.69 Å². The molecule has 0 spiro atoms. The van der Waals surface area contributed by atoms with Gasteiger partial charge in [-0.05, 0) is 75.6 Å². The van der Waals surface area contributed by atoms with Crippen molar-refractivity contribution >= 4 is 27.5 Å². The fourth-order valence-electron chi connectivity index (χ4n) is 4.26. The van der Waals surface area contributed by atoms with Crippen LogP contribution in [0, 0.1) is 27.7 Å². The minimum atomic E-state index is -4.08. The van der Waals surface area contributed by atoms with Crippen LogP contribution in [0.25, 0.3) is 0 Å². The Bertz CT molecular complexity index is 1360. The molecule has 0 saturated carbocycles. The molecule has 0 aromatic heterocycles. The maximum atomic E-state index is 13.9. The van der Waals surface area contributed by atoms with Gasteiger partial charge < -0.3 is 10.2 Å². The first-order valence-corrected chi connectivity index (χ1v) is 13.6. The van der Waals surface area contributed by atoms with E-state index in [1.54, 1.807) is 43.3 Å². The van der Waals surface area contributed by atoms with Crippen molar-refractivity contribution < 1.29 is 18.0 Å². The standard InChI is InChI=1S/C29H35N3O4S/c1-20-10-12-27(13-11-20)37(35,36)32(26-16-22(3)14-23(4)17-26)19-28(33)31(24(5)29(34)30-6)18-25-9-7-8-21(2)15-25/h7-17,24H,18-19H2,1-6H3,(H,30,34). The molecule has 3 rings (SSSR count). The largest absolute Gasteiger partial charge is 0.357 e. The molecular formula is C29H35N3O4S. The Morgan fingerprint density at radius 3 is 2.03 bits per heavy atom. The molecule has 0 fully saturated rings. The van der Waals surface area contributed by atoms with Crippen LogP contribution >= 0.6 is 0 Å². The van der Waals surface area contributed by atoms with Gasteiger partial charge in [0, 0.05) is 13.6 Å². The van der Waals surface area contributed by atoms with Crippen LogP contribution in [0.2, 0.25) is 0 Å². The number of nitrogens with one attached hydrogen (secondary N) is 1. The number of hydrogen-bond acceptors (Lipinski definition) is 4. The van der Waals surface area contributed by atoms with Gasteiger partial charge in [0.25, 0.3) is 10.0 Å². The van der Waals surface area contributed by atoms with Crippen LogP contribution < -0.4 is 9.62 Å². The van der Waals surface area contributed by atoms with E-state index in [4.69, 9.17) is 0 Å². The zero-order valence-electron chi connectivity index (χ0n) is 22.3. The van der Waals surface area contributed by atoms with Crippen molar-refractivity contribution in [3.63, 3.8) is 0 Å². The normalized spacial score (nSPS) is 12.1. The van der Waals surface area contributed by atoms with Crippen molar-refractivity contribution in [3.8, 4) is 0 Å². The molecule has 3 aromatic carbocycles. The number of hydrogen-bond donors (Lipinski definition) is 1. The van der Waals surface area contributed by atoms with Crippen molar-refractivity contribution in [1.82, 2.24) is 10.2 Å². The van der Waals surface area contributed by atoms with Gasteiger partial charge >= 0.3 is 0 Å². The second-order valence-electron chi connectivity index (χ2n) is 9.47. The van der Waals surface area contributed by atoms with Gasteiger partial charge in [0.2, 0.25) is 11.8 Å². The highest BCUT2D eigenvalue weighted by Gasteiger charge is 2.32. The molecule has 196 valence electrons. The van der Waals surface area contributed by atoms with Crippen LogP contribution in [0.1, 0.15) is 34.7 Å². The number of nitrogens with zero attached hydrogens (tertiary/aromatic N) is 2. The molecule has 0 radical (unpaired) electrons. The lowest BCUT2D eigenvalue weighted by Crippen LogP contribution is -2.50. The van der Waals surface area contributed by atoms with Gasteiger partial charge in [0.15, 0.2) is 0 Å². The number of sulfonamides is 1. The third-order valence-electron chi connectivity index (χ3n) is 6.23. The molecule has 0 aliphatic heterocycles. The molecule has 0 aliphatic carbocycles. The van der Waals surface area contributed by atoms with Gasteiger partial charge in [-0.2, -0.15) is 0 Å². The van der Waals surface area contributed by atoms with E-state index in [2.05, 4.69) is 5.32 Å². The molecule has 1 N–H and O–H groups in total. The van der Waals surface area contributed by atoms with Crippen LogP contribution in [0.3, 0.4) is 0 Å². The molecule has 0 heterocycles. The predicted octanol–water partition coefficient (Wildman–Crippen LogP) is 4.28. The number of benzene rings is 3. The fourth-order valence-corrected chi connectivity index (χ4v) is 5.66. The highest BCUT2D eigenvalue weighted by atomic mass is 32.2. The SMILES string of the molecule is CNC(=O)C(C)N(Cc1cccc(C)c1)C(=O)CN(c1cc(C)cc(C)c1)S(=O)(=O)c1ccc(C)cc1. The van der Waals surface area contributed by atoms with E-state index in [9.17, 15) is 18.0 Å². The summed E-state index contributed by atoms with van der Waals surface area (Å²) in [6.45, 7) is 8.95. The number of rotatable bonds is 9. The number of anilines is 1. The zero-order valence-corrected chi connectivity index (χ0v) is 23.1. The third kappa shape index (κ3) is 6.77. The lowest BCUT2D eigenvalue weighted by atomic mass is 10.1. The Morgan fingerprint density at radius 2 is 1.46 bits per heavy atom. The monoisotopic (exact) mass is 521 g/mol. The van der Waals surface area contributed by atoms with E-state index >= 15 is 0 Å². The summed E-state index contributed by atoms with van der Waals surface area (Å²) in [6, 6.07) is 18.9. The zero-order chi connectivity index (χ0) is 27.3. The minimum absolute atomic E-state index is 0.0923. The molecule has 0 aliphatic rings. The summed E-state index contributed by atoms with van der Waals surface area (Å²) in [5.41, 5.74) is 4.95. The second-order valence-corrected chi connectivity index (χ2v) is 11.3. The highest BCUT2D eigenvalue weighted by Crippen LogP contribution is 2.27. The summed E-state index contributed by atoms with van der Waals surface area (Å²) in [6.07, 6.45) is 0. The molecule has 8 heteroatoms. The number of aryl methyl sites for hydroxylation is 4. The Hall–Kier alpha value is -3.65. The van der Waals surface area contributed by atoms with Crippen molar-refractivity contribution in [2.75, 3.05) is 17.9 Å². The van der Waals surface area contributed by atoms with Crippen LogP contribution in [0.15, 0.2) is 71.6 Å². The van der Waals surface area contributed by atoms with E-state index in [1.807, 2.05) is 58.0 Å². The first-order valence-electron chi connectivity index (χ1n) is 12.2. The van der Waals surface area contributed by atoms with Crippen molar-refractivity contribution in [3.05, 3.63) is 94.5 Å². The first-order chi connectivity index (χ1) is 17.4. The Labute approximate surface area is 220 Å². The van der Waals surface area contributed by atoms with Gasteiger partial charge in [-0.25, -0.2) is 8.42 Å². The van der Waals surface area contributed by atoms with Gasteiger partial charge in [-0.1, -0.05) is 53.6 Å². The van der Waals surface area contributed by atoms with E-state index in [-0.39, 0.29) is 17.3 Å². The van der Waals surface area contributed by atoms with E-state index in [1.165, 1.54) is 11.9 Å². The number of carbonyl (C=O) groups is 2. The van der Waals surface area contributed by atoms with Gasteiger partial charge in [0.1, 0.15) is 12.6 Å². The first kappa shape index (κ1) is 27.9. The quantitative estimate of drug-likeness (QED) is 0.455. The molecule has 0 bridgehead atoms. The lowest BCUT2D eigenvalue weighted by molar-refractivity contribution is -0.139. The summed E-state index contributed by atoms with van der Waals surface area (Å²) in [5.74, 6) is -0.812. The van der Waals surface area contributed by atoms with Crippen LogP contribution in [-0.4, -0.2) is 44.8 Å². The minimum Gasteiger partial charge on any atom is -0.357 e. The van der Waals surface area contributed by atoms with Crippen LogP contribution in [0.4, 0.5) is 5.69 Å². The third-order valence-corrected chi connectivity index (χ3v) is 8.02. The van der Waals surface area contributed by atoms with E-state index < -0.39 is 28.5 Å². The Balaban J connectivity index is 2.07. The maximum Gasteiger partial charge on any atom is 0.264 e. The van der Waals surface area contributed by atoms with Gasteiger partial charge in [0.05, 0.1) is 10.6 Å². The molecule has 0 saturated heterocycles. The summed E-state index contributed by atoms with van der Waals surface area (Å²) in [4.78, 5) is 27.9. The number of likely N-dealkylation sites (N-methyl/N-ethyl adjacent to an activating group) is 1. The summed E-state index contributed by atoms with van der Waals surface area (Å²) in [7, 11) is -2.57. The van der Waals surface area contributed by atoms with Crippen molar-refractivity contribution in [2.24, 2.45) is 0 Å². The van der Waals surface area contributed by atoms with Crippen molar-refractivity contribution in [1.29, 1.82) is 0 Å². The second kappa shape index (κ2) is 11.6. The van der Waals surface area contributed by atoms with Crippen molar-refractivity contribution in [2.45, 2.75) is 52.1 Å². The summed E-state index contributed by atoms with van der Waals surface area (Å²) >= 11 is 0. The number of amides is 2. The molecule has 1 atom stereocenters. The average molecular weight is 522 g/mol. The molecular weight excluding hydrogens is 486 g/mol. The number of carbonyl (C=O) groups excluding carboxylic acids is 2. The topological polar surface area (TPSA) is 86.8 Å². The van der Waals surface area contributed by atoms with Crippen LogP contribution in [-0.2, 0) is 26.2 Å². The lowest BCUT2D eigenvalue weighted by Gasteiger charge is -2.32. The maximum absolute atomic E-state index is 13.9. The molecule has 7 nitrogen and oxygen atoms in total. The smallest absolute Gasteiger partial charge is 0.264 e. The fraction of sp³-hybridized carbons (Fsp3) is 0.310. The van der Waals surface area contributed by atoms with Crippen LogP contribution in [0.5, 0.6) is 0 Å². The Morgan fingerprint density at radius 1 is 0.838 bits per heavy atom. The molecule has 2 amide bonds.